The van der Waals surface area contributed by atoms with Crippen LogP contribution in [-0.4, -0.2) is 48.8 Å². The van der Waals surface area contributed by atoms with Crippen LogP contribution in [-0.2, 0) is 0 Å². The highest BCUT2D eigenvalue weighted by Gasteiger charge is 2.19. The first kappa shape index (κ1) is 13.9. The predicted molar refractivity (Wildman–Crippen MR) is 61.6 cm³/mol. The van der Waals surface area contributed by atoms with E-state index in [1.165, 1.54) is 0 Å². The molecule has 0 aliphatic carbocycles. The van der Waals surface area contributed by atoms with Crippen molar-refractivity contribution in [3.63, 3.8) is 0 Å². The first-order valence-corrected chi connectivity index (χ1v) is 5.51. The minimum Gasteiger partial charge on any atom is -0.390 e. The molecule has 2 N–H and O–H groups in total. The van der Waals surface area contributed by atoms with Gasteiger partial charge in [-0.1, -0.05) is 13.8 Å². The summed E-state index contributed by atoms with van der Waals surface area (Å²) in [6.45, 7) is 7.95. The number of hydrogen-bond donors (Lipinski definition) is 2. The Morgan fingerprint density at radius 1 is 1.29 bits per heavy atom. The van der Waals surface area contributed by atoms with Gasteiger partial charge >= 0.3 is 0 Å². The number of nitrogens with one attached hydrogen (secondary N) is 1. The summed E-state index contributed by atoms with van der Waals surface area (Å²) in [7, 11) is 3.95. The second-order valence-corrected chi connectivity index (χ2v) is 4.56. The van der Waals surface area contributed by atoms with E-state index in [1.54, 1.807) is 0 Å². The zero-order chi connectivity index (χ0) is 11.2. The summed E-state index contributed by atoms with van der Waals surface area (Å²) in [5, 5.41) is 13.1. The van der Waals surface area contributed by atoms with E-state index in [9.17, 15) is 5.11 Å². The zero-order valence-electron chi connectivity index (χ0n) is 10.3. The molecule has 0 aromatic heterocycles. The van der Waals surface area contributed by atoms with Gasteiger partial charge in [0, 0.05) is 18.6 Å². The Labute approximate surface area is 88.5 Å². The van der Waals surface area contributed by atoms with Gasteiger partial charge in [-0.05, 0) is 33.9 Å². The van der Waals surface area contributed by atoms with Crippen LogP contribution in [0.5, 0.6) is 0 Å². The monoisotopic (exact) mass is 202 g/mol. The van der Waals surface area contributed by atoms with Gasteiger partial charge in [-0.2, -0.15) is 0 Å². The summed E-state index contributed by atoms with van der Waals surface area (Å²) in [6, 6.07) is 0. The fourth-order valence-corrected chi connectivity index (χ4v) is 1.35. The number of nitrogens with zero attached hydrogens (tertiary/aromatic N) is 1. The highest BCUT2D eigenvalue weighted by Crippen LogP contribution is 2.12. The Morgan fingerprint density at radius 3 is 2.14 bits per heavy atom. The van der Waals surface area contributed by atoms with Crippen molar-refractivity contribution < 1.29 is 5.11 Å². The lowest BCUT2D eigenvalue weighted by Gasteiger charge is -2.30. The average molecular weight is 202 g/mol. The van der Waals surface area contributed by atoms with Crippen LogP contribution in [0.2, 0.25) is 0 Å². The Hall–Kier alpha value is -0.120. The lowest BCUT2D eigenvalue weighted by Crippen LogP contribution is -2.46. The number of likely N-dealkylation sites (N-methyl/N-ethyl adjacent to an activating group) is 1. The van der Waals surface area contributed by atoms with Crippen molar-refractivity contribution in [2.45, 2.75) is 45.3 Å². The Bertz CT molecular complexity index is 144. The van der Waals surface area contributed by atoms with Gasteiger partial charge in [0.15, 0.2) is 0 Å². The number of aliphatic hydroxyl groups is 1. The maximum atomic E-state index is 9.67. The topological polar surface area (TPSA) is 35.5 Å². The normalized spacial score (nSPS) is 14.8. The zero-order valence-corrected chi connectivity index (χ0v) is 10.3. The van der Waals surface area contributed by atoms with Crippen LogP contribution in [0.3, 0.4) is 0 Å². The smallest absolute Gasteiger partial charge is 0.0791 e. The summed E-state index contributed by atoms with van der Waals surface area (Å²) in [6.07, 6.45) is 1.92. The van der Waals surface area contributed by atoms with Gasteiger partial charge in [0.05, 0.1) is 6.10 Å². The molecule has 0 amide bonds. The van der Waals surface area contributed by atoms with E-state index in [2.05, 4.69) is 26.1 Å². The highest BCUT2D eigenvalue weighted by atomic mass is 16.3. The van der Waals surface area contributed by atoms with Gasteiger partial charge in [-0.25, -0.2) is 0 Å². The minimum atomic E-state index is -0.276. The molecule has 0 bridgehead atoms. The molecule has 0 saturated heterocycles. The first-order chi connectivity index (χ1) is 6.43. The number of hydrogen-bond acceptors (Lipinski definition) is 3. The van der Waals surface area contributed by atoms with Gasteiger partial charge in [0.25, 0.3) is 0 Å². The van der Waals surface area contributed by atoms with Gasteiger partial charge < -0.3 is 15.3 Å². The van der Waals surface area contributed by atoms with Gasteiger partial charge in [0.2, 0.25) is 0 Å². The van der Waals surface area contributed by atoms with Gasteiger partial charge in [-0.3, -0.25) is 0 Å². The van der Waals surface area contributed by atoms with E-state index >= 15 is 0 Å². The van der Waals surface area contributed by atoms with Crippen molar-refractivity contribution in [3.05, 3.63) is 0 Å². The van der Waals surface area contributed by atoms with Crippen LogP contribution in [0.4, 0.5) is 0 Å². The molecular formula is C11H26N2O. The molecule has 86 valence electrons. The molecule has 14 heavy (non-hydrogen) atoms. The number of aliphatic hydroxyl groups excluding tert-OH is 1. The highest BCUT2D eigenvalue weighted by molar-refractivity contribution is 4.81. The number of β-amino-alcohol motifs (C(OH)–C–C–N with tert-alkyl or cyclic N) is 1. The Morgan fingerprint density at radius 2 is 1.79 bits per heavy atom. The molecule has 0 aromatic carbocycles. The second kappa shape index (κ2) is 6.38. The van der Waals surface area contributed by atoms with Crippen molar-refractivity contribution in [2.75, 3.05) is 27.2 Å². The molecule has 0 heterocycles. The predicted octanol–water partition coefficient (Wildman–Crippen LogP) is 1.08. The van der Waals surface area contributed by atoms with Crippen molar-refractivity contribution in [1.29, 1.82) is 0 Å². The number of rotatable bonds is 7. The minimum absolute atomic E-state index is 0.174. The van der Waals surface area contributed by atoms with Crippen LogP contribution in [0.25, 0.3) is 0 Å². The van der Waals surface area contributed by atoms with Crippen LogP contribution in [0.15, 0.2) is 0 Å². The molecule has 3 nitrogen and oxygen atoms in total. The molecule has 0 rings (SSSR count). The van der Waals surface area contributed by atoms with Crippen molar-refractivity contribution in [1.82, 2.24) is 10.2 Å². The van der Waals surface area contributed by atoms with E-state index in [0.717, 1.165) is 19.4 Å². The Kier molecular flexibility index (Phi) is 6.33. The molecule has 1 unspecified atom stereocenters. The third-order valence-corrected chi connectivity index (χ3v) is 2.90. The lowest BCUT2D eigenvalue weighted by atomic mass is 9.95. The van der Waals surface area contributed by atoms with Crippen LogP contribution >= 0.6 is 0 Å². The molecule has 0 saturated carbocycles. The third kappa shape index (κ3) is 5.58. The van der Waals surface area contributed by atoms with E-state index < -0.39 is 0 Å². The Balaban J connectivity index is 3.79. The quantitative estimate of drug-likeness (QED) is 0.648. The molecule has 0 fully saturated rings. The average Bonchev–Trinajstić information content (AvgIpc) is 2.13. The molecular weight excluding hydrogens is 176 g/mol. The first-order valence-electron chi connectivity index (χ1n) is 5.51. The van der Waals surface area contributed by atoms with Gasteiger partial charge in [-0.15, -0.1) is 0 Å². The van der Waals surface area contributed by atoms with E-state index in [-0.39, 0.29) is 11.6 Å². The maximum Gasteiger partial charge on any atom is 0.0791 e. The summed E-state index contributed by atoms with van der Waals surface area (Å²) in [4.78, 5) is 2.00. The summed E-state index contributed by atoms with van der Waals surface area (Å²) in [5.74, 6) is 0. The summed E-state index contributed by atoms with van der Waals surface area (Å²) >= 11 is 0. The third-order valence-electron chi connectivity index (χ3n) is 2.90. The van der Waals surface area contributed by atoms with E-state index in [1.807, 2.05) is 19.0 Å². The van der Waals surface area contributed by atoms with Crippen LogP contribution in [0.1, 0.15) is 33.6 Å². The van der Waals surface area contributed by atoms with Crippen molar-refractivity contribution >= 4 is 0 Å². The fourth-order valence-electron chi connectivity index (χ4n) is 1.35. The lowest BCUT2D eigenvalue weighted by molar-refractivity contribution is 0.122. The van der Waals surface area contributed by atoms with Crippen LogP contribution < -0.4 is 5.32 Å². The van der Waals surface area contributed by atoms with E-state index in [0.29, 0.717) is 6.54 Å². The van der Waals surface area contributed by atoms with Gasteiger partial charge in [0.1, 0.15) is 0 Å². The molecule has 0 aliphatic rings. The molecule has 3 heteroatoms. The largest absolute Gasteiger partial charge is 0.390 e. The van der Waals surface area contributed by atoms with E-state index in [4.69, 9.17) is 0 Å². The molecule has 1 atom stereocenters. The van der Waals surface area contributed by atoms with Crippen molar-refractivity contribution in [2.24, 2.45) is 0 Å². The second-order valence-electron chi connectivity index (χ2n) is 4.56. The van der Waals surface area contributed by atoms with Crippen LogP contribution in [0, 0.1) is 0 Å². The molecule has 0 radical (unpaired) electrons. The standard InChI is InChI=1S/C11H26N2O/c1-6-11(3,7-2)12-8-10(14)9-13(4)5/h10,12,14H,6-9H2,1-5H3. The molecule has 0 aromatic rings. The SMILES string of the molecule is CCC(C)(CC)NCC(O)CN(C)C. The maximum absolute atomic E-state index is 9.67. The summed E-state index contributed by atoms with van der Waals surface area (Å²) < 4.78 is 0. The fraction of sp³-hybridized carbons (Fsp3) is 1.00. The van der Waals surface area contributed by atoms with Crippen molar-refractivity contribution in [3.8, 4) is 0 Å². The molecule has 0 spiro atoms. The summed E-state index contributed by atoms with van der Waals surface area (Å²) in [5.41, 5.74) is 0.174. The molecule has 0 aliphatic heterocycles.